The molecule has 0 bridgehead atoms. The van der Waals surface area contributed by atoms with Crippen molar-refractivity contribution in [3.05, 3.63) is 94.5 Å². The van der Waals surface area contributed by atoms with E-state index in [9.17, 15) is 9.90 Å². The van der Waals surface area contributed by atoms with Crippen molar-refractivity contribution in [2.24, 2.45) is 10.8 Å². The number of fused-ring (bicyclic) bond motifs is 2. The Balaban J connectivity index is 0.000000335. The molecule has 0 saturated heterocycles. The number of nitrogens with zero attached hydrogens (tertiary/aromatic N) is 2. The summed E-state index contributed by atoms with van der Waals surface area (Å²) in [4.78, 5) is 23.0. The molecule has 2 aromatic heterocycles. The fraction of sp³-hybridized carbons (Fsp3) is 0.444. The summed E-state index contributed by atoms with van der Waals surface area (Å²) in [6.45, 7) is 27.7. The molecule has 2 heterocycles. The Hall–Kier alpha value is -3.18. The van der Waals surface area contributed by atoms with Crippen LogP contribution >= 0.6 is 11.3 Å². The fourth-order valence-corrected chi connectivity index (χ4v) is 8.09. The summed E-state index contributed by atoms with van der Waals surface area (Å²) < 4.78 is 1.13. The van der Waals surface area contributed by atoms with Gasteiger partial charge in [-0.1, -0.05) is 109 Å². The van der Waals surface area contributed by atoms with E-state index >= 15 is 0 Å². The first-order chi connectivity index (χ1) is 23.4. The summed E-state index contributed by atoms with van der Waals surface area (Å²) in [5.41, 5.74) is 10.2. The maximum atomic E-state index is 12.2. The molecule has 0 atom stereocenters. The molecule has 0 aliphatic rings. The number of benzene rings is 3. The number of hydrogen-bond acceptors (Lipinski definition) is 5. The number of aliphatic hydroxyl groups is 1. The van der Waals surface area contributed by atoms with Gasteiger partial charge in [-0.3, -0.25) is 9.78 Å². The zero-order chi connectivity index (χ0) is 37.2. The Morgan fingerprint density at radius 3 is 1.96 bits per heavy atom. The molecule has 0 unspecified atom stereocenters. The van der Waals surface area contributed by atoms with E-state index in [0.717, 1.165) is 52.5 Å². The van der Waals surface area contributed by atoms with Crippen LogP contribution in [0.2, 0.25) is 0 Å². The number of rotatable bonds is 9. The van der Waals surface area contributed by atoms with E-state index in [1.807, 2.05) is 41.5 Å². The van der Waals surface area contributed by atoms with Gasteiger partial charge in [0, 0.05) is 52.3 Å². The molecular formula is C45H57IrN2O2S-. The number of carbonyl (C=O) groups excluding carboxylic acids is 1. The van der Waals surface area contributed by atoms with E-state index in [2.05, 4.69) is 97.0 Å². The minimum Gasteiger partial charge on any atom is -0.512 e. The first-order valence-electron chi connectivity index (χ1n) is 18.2. The molecule has 0 saturated carbocycles. The van der Waals surface area contributed by atoms with Crippen LogP contribution in [0, 0.1) is 44.6 Å². The van der Waals surface area contributed by atoms with Gasteiger partial charge in [-0.15, -0.1) is 40.5 Å². The Kier molecular flexibility index (Phi) is 13.8. The van der Waals surface area contributed by atoms with Gasteiger partial charge in [0.1, 0.15) is 12.1 Å². The molecule has 0 spiro atoms. The van der Waals surface area contributed by atoms with Crippen molar-refractivity contribution in [2.45, 2.75) is 121 Å². The van der Waals surface area contributed by atoms with Gasteiger partial charge in [0.05, 0.1) is 5.52 Å². The van der Waals surface area contributed by atoms with Gasteiger partial charge >= 0.3 is 0 Å². The van der Waals surface area contributed by atoms with Crippen molar-refractivity contribution in [1.29, 1.82) is 0 Å². The normalized spacial score (nSPS) is 12.5. The molecule has 0 fully saturated rings. The van der Waals surface area contributed by atoms with Crippen molar-refractivity contribution in [3.63, 3.8) is 0 Å². The second-order valence-electron chi connectivity index (χ2n) is 15.6. The average molecular weight is 882 g/mol. The number of carbonyl (C=O) groups is 1. The fourth-order valence-electron chi connectivity index (χ4n) is 6.65. The van der Waals surface area contributed by atoms with E-state index in [0.29, 0.717) is 0 Å². The zero-order valence-corrected chi connectivity index (χ0v) is 36.2. The van der Waals surface area contributed by atoms with E-state index in [1.54, 1.807) is 17.7 Å². The van der Waals surface area contributed by atoms with Crippen LogP contribution in [-0.4, -0.2) is 20.9 Å². The molecule has 0 aliphatic heterocycles. The maximum Gasteiger partial charge on any atom is 0.164 e. The molecule has 1 N–H and O–H groups in total. The van der Waals surface area contributed by atoms with Crippen LogP contribution in [-0.2, 0) is 30.3 Å². The Bertz CT molecular complexity index is 2020. The third kappa shape index (κ3) is 8.73. The standard InChI is InChI=1S/C30H29N2S.C15H28O2.Ir/c1-17-12-18(2)25(19(3)13-17)28-20(4)26-29(33-28)27(32-16-31-26)22-14-21-10-8-9-11-23(21)24(15-22)30(5,6)7;1-7-14(5,8-2)12(16)11-13(17)15(6,9-3)10-4;/h8-13,15-16H,1-7H3;11,16H,7-10H2,1-6H3;/q-1;;/b;12-11-;. The smallest absolute Gasteiger partial charge is 0.164 e. The number of ketones is 1. The molecule has 51 heavy (non-hydrogen) atoms. The minimum atomic E-state index is -0.337. The molecule has 3 aromatic carbocycles. The summed E-state index contributed by atoms with van der Waals surface area (Å²) in [5, 5.41) is 12.5. The first kappa shape index (κ1) is 42.2. The van der Waals surface area contributed by atoms with Gasteiger partial charge in [-0.25, -0.2) is 4.98 Å². The Morgan fingerprint density at radius 2 is 1.41 bits per heavy atom. The topological polar surface area (TPSA) is 63.1 Å². The van der Waals surface area contributed by atoms with Crippen LogP contribution in [0.3, 0.4) is 0 Å². The van der Waals surface area contributed by atoms with E-state index in [4.69, 9.17) is 9.97 Å². The van der Waals surface area contributed by atoms with Crippen LogP contribution in [0.15, 0.2) is 60.6 Å². The average Bonchev–Trinajstić information content (AvgIpc) is 3.41. The van der Waals surface area contributed by atoms with Crippen molar-refractivity contribution in [1.82, 2.24) is 9.97 Å². The molecular weight excluding hydrogens is 825 g/mol. The molecule has 0 amide bonds. The summed E-state index contributed by atoms with van der Waals surface area (Å²) in [6.07, 6.45) is 6.46. The molecule has 275 valence electrons. The summed E-state index contributed by atoms with van der Waals surface area (Å²) in [6, 6.07) is 19.0. The third-order valence-corrected chi connectivity index (χ3v) is 12.4. The van der Waals surface area contributed by atoms with Gasteiger partial charge in [0.15, 0.2) is 5.78 Å². The van der Waals surface area contributed by atoms with E-state index in [-0.39, 0.29) is 47.9 Å². The molecule has 6 heteroatoms. The van der Waals surface area contributed by atoms with Crippen LogP contribution in [0.25, 0.3) is 42.7 Å². The molecule has 1 radical (unpaired) electrons. The monoisotopic (exact) mass is 882 g/mol. The maximum absolute atomic E-state index is 12.2. The van der Waals surface area contributed by atoms with Gasteiger partial charge in [-0.05, 0) is 81.0 Å². The first-order valence-corrected chi connectivity index (χ1v) is 19.0. The van der Waals surface area contributed by atoms with Crippen LogP contribution < -0.4 is 0 Å². The number of aliphatic hydroxyl groups excluding tert-OH is 1. The number of aromatic nitrogens is 2. The van der Waals surface area contributed by atoms with Gasteiger partial charge in [0.25, 0.3) is 0 Å². The Labute approximate surface area is 324 Å². The van der Waals surface area contributed by atoms with Gasteiger partial charge < -0.3 is 5.11 Å². The van der Waals surface area contributed by atoms with Crippen molar-refractivity contribution < 1.29 is 30.0 Å². The number of thiophene rings is 1. The van der Waals surface area contributed by atoms with Crippen LogP contribution in [0.4, 0.5) is 0 Å². The Morgan fingerprint density at radius 1 is 0.843 bits per heavy atom. The van der Waals surface area contributed by atoms with Gasteiger partial charge in [0.2, 0.25) is 0 Å². The number of aryl methyl sites for hydroxylation is 4. The summed E-state index contributed by atoms with van der Waals surface area (Å²) >= 11 is 1.81. The van der Waals surface area contributed by atoms with Crippen LogP contribution in [0.5, 0.6) is 0 Å². The third-order valence-electron chi connectivity index (χ3n) is 11.0. The summed E-state index contributed by atoms with van der Waals surface area (Å²) in [5.74, 6) is 0.286. The second kappa shape index (κ2) is 16.7. The summed E-state index contributed by atoms with van der Waals surface area (Å²) in [7, 11) is 0. The SMILES string of the molecule is CCC(C)(CC)C(=O)/C=C(\O)C(C)(CC)CC.Cc1cc(C)c(-c2sc3c(-c4[c-]c5ccccc5c(C(C)(C)C)c4)ncnc3c2C)c(C)c1.[Ir]. The molecule has 0 aliphatic carbocycles. The van der Waals surface area contributed by atoms with Crippen LogP contribution in [0.1, 0.15) is 116 Å². The molecule has 4 nitrogen and oxygen atoms in total. The minimum absolute atomic E-state index is 0. The second-order valence-corrected chi connectivity index (χ2v) is 16.6. The van der Waals surface area contributed by atoms with Crippen molar-refractivity contribution >= 4 is 38.1 Å². The predicted molar refractivity (Wildman–Crippen MR) is 215 cm³/mol. The van der Waals surface area contributed by atoms with E-state index in [1.165, 1.54) is 49.7 Å². The molecule has 5 aromatic rings. The van der Waals surface area contributed by atoms with E-state index < -0.39 is 0 Å². The number of allylic oxidation sites excluding steroid dienone is 2. The number of hydrogen-bond donors (Lipinski definition) is 1. The molecule has 5 rings (SSSR count). The largest absolute Gasteiger partial charge is 0.512 e. The van der Waals surface area contributed by atoms with Crippen molar-refractivity contribution in [3.8, 4) is 21.7 Å². The quantitative estimate of drug-likeness (QED) is 0.0910. The van der Waals surface area contributed by atoms with Crippen molar-refractivity contribution in [2.75, 3.05) is 0 Å². The predicted octanol–water partition coefficient (Wildman–Crippen LogP) is 13.2. The zero-order valence-electron chi connectivity index (χ0n) is 33.0. The van der Waals surface area contributed by atoms with Gasteiger partial charge in [-0.2, -0.15) is 0 Å².